The maximum atomic E-state index is 14.1. The van der Waals surface area contributed by atoms with Gasteiger partial charge in [-0.2, -0.15) is 0 Å². The lowest BCUT2D eigenvalue weighted by atomic mass is 10.0. The number of anilines is 1. The fourth-order valence-electron chi connectivity index (χ4n) is 4.99. The summed E-state index contributed by atoms with van der Waals surface area (Å²) in [6.45, 7) is 2.74. The van der Waals surface area contributed by atoms with Gasteiger partial charge in [-0.25, -0.2) is 4.98 Å². The Labute approximate surface area is 223 Å². The molecule has 5 aromatic rings. The highest BCUT2D eigenvalue weighted by atomic mass is 32.2. The topological polar surface area (TPSA) is 55.2 Å². The first-order chi connectivity index (χ1) is 18.1. The number of nitrogens with zero attached hydrogens (tertiary/aromatic N) is 3. The minimum atomic E-state index is -0.113. The summed E-state index contributed by atoms with van der Waals surface area (Å²) in [4.78, 5) is 36.0. The van der Waals surface area contributed by atoms with Crippen LogP contribution in [-0.2, 0) is 11.2 Å². The number of fused-ring (bicyclic) bond motifs is 2. The zero-order valence-electron chi connectivity index (χ0n) is 20.4. The van der Waals surface area contributed by atoms with E-state index in [1.165, 1.54) is 28.7 Å². The van der Waals surface area contributed by atoms with Crippen LogP contribution in [0.5, 0.6) is 0 Å². The number of hydrogen-bond donors (Lipinski definition) is 0. The Morgan fingerprint density at radius 3 is 2.46 bits per heavy atom. The third-order valence-electron chi connectivity index (χ3n) is 6.68. The molecule has 1 aliphatic rings. The van der Waals surface area contributed by atoms with Crippen molar-refractivity contribution in [3.05, 3.63) is 106 Å². The highest BCUT2D eigenvalue weighted by Crippen LogP contribution is 2.37. The number of hydrogen-bond acceptors (Lipinski definition) is 5. The van der Waals surface area contributed by atoms with E-state index in [2.05, 4.69) is 6.07 Å². The van der Waals surface area contributed by atoms with Gasteiger partial charge in [-0.05, 0) is 49.1 Å². The first kappa shape index (κ1) is 23.7. The van der Waals surface area contributed by atoms with E-state index in [1.54, 1.807) is 4.57 Å². The summed E-state index contributed by atoms with van der Waals surface area (Å²) in [5.74, 6) is 0.230. The molecule has 0 bridgehead atoms. The minimum absolute atomic E-state index is 0.0263. The smallest absolute Gasteiger partial charge is 0.268 e. The zero-order valence-corrected chi connectivity index (χ0v) is 22.0. The molecule has 0 spiro atoms. The van der Waals surface area contributed by atoms with Gasteiger partial charge in [-0.1, -0.05) is 78.5 Å². The second-order valence-electron chi connectivity index (χ2n) is 9.02. The number of aryl methyl sites for hydroxylation is 2. The molecule has 37 heavy (non-hydrogen) atoms. The van der Waals surface area contributed by atoms with Crippen LogP contribution in [0.4, 0.5) is 5.69 Å². The highest BCUT2D eigenvalue weighted by Gasteiger charge is 2.25. The second kappa shape index (κ2) is 10.00. The summed E-state index contributed by atoms with van der Waals surface area (Å²) in [5, 5.41) is 1.15. The molecular weight excluding hydrogens is 498 g/mol. The van der Waals surface area contributed by atoms with Gasteiger partial charge in [0.2, 0.25) is 5.91 Å². The van der Waals surface area contributed by atoms with Crippen LogP contribution in [0.25, 0.3) is 27.0 Å². The number of amides is 1. The second-order valence-corrected chi connectivity index (χ2v) is 11.2. The highest BCUT2D eigenvalue weighted by molar-refractivity contribution is 7.99. The standard InChI is InChI=1S/C30H25N3O2S2/c1-20-26(22-12-4-2-5-13-22)27-28(37-20)31-30(33(29(27)35)23-15-6-3-7-16-23)36-19-25(34)32-18-10-14-21-11-8-9-17-24(21)32/h2-9,11-13,15-17H,10,14,18-19H2,1H3. The average Bonchev–Trinajstić information content (AvgIpc) is 3.28. The summed E-state index contributed by atoms with van der Waals surface area (Å²) in [6, 6.07) is 27.6. The summed E-state index contributed by atoms with van der Waals surface area (Å²) in [7, 11) is 0. The molecular formula is C30H25N3O2S2. The Balaban J connectivity index is 1.42. The van der Waals surface area contributed by atoms with Crippen LogP contribution >= 0.6 is 23.1 Å². The summed E-state index contributed by atoms with van der Waals surface area (Å²) in [5.41, 5.74) is 4.75. The van der Waals surface area contributed by atoms with Gasteiger partial charge in [0.1, 0.15) is 4.83 Å². The molecule has 1 amide bonds. The normalized spacial score (nSPS) is 13.1. The van der Waals surface area contributed by atoms with Crippen LogP contribution in [0, 0.1) is 6.92 Å². The zero-order chi connectivity index (χ0) is 25.4. The molecule has 0 aliphatic carbocycles. The number of thioether (sulfide) groups is 1. The molecule has 6 rings (SSSR count). The Morgan fingerprint density at radius 1 is 0.973 bits per heavy atom. The lowest BCUT2D eigenvalue weighted by Gasteiger charge is -2.29. The molecule has 0 fully saturated rings. The number of aromatic nitrogens is 2. The van der Waals surface area contributed by atoms with Crippen LogP contribution in [0.2, 0.25) is 0 Å². The maximum absolute atomic E-state index is 14.1. The van der Waals surface area contributed by atoms with E-state index in [-0.39, 0.29) is 17.2 Å². The minimum Gasteiger partial charge on any atom is -0.311 e. The quantitative estimate of drug-likeness (QED) is 0.195. The van der Waals surface area contributed by atoms with Gasteiger partial charge in [0.05, 0.1) is 16.8 Å². The average molecular weight is 524 g/mol. The molecule has 0 radical (unpaired) electrons. The van der Waals surface area contributed by atoms with Crippen LogP contribution in [0.15, 0.2) is 94.9 Å². The molecule has 0 saturated carbocycles. The number of carbonyl (C=O) groups is 1. The lowest BCUT2D eigenvalue weighted by Crippen LogP contribution is -2.36. The molecule has 5 nitrogen and oxygen atoms in total. The van der Waals surface area contributed by atoms with Gasteiger partial charge in [-0.15, -0.1) is 11.3 Å². The van der Waals surface area contributed by atoms with Crippen molar-refractivity contribution in [2.45, 2.75) is 24.9 Å². The van der Waals surface area contributed by atoms with E-state index in [1.807, 2.05) is 90.7 Å². The number of rotatable bonds is 5. The maximum Gasteiger partial charge on any atom is 0.268 e. The first-order valence-electron chi connectivity index (χ1n) is 12.3. The fraction of sp³-hybridized carbons (Fsp3) is 0.167. The van der Waals surface area contributed by atoms with Crippen molar-refractivity contribution in [3.63, 3.8) is 0 Å². The summed E-state index contributed by atoms with van der Waals surface area (Å²) in [6.07, 6.45) is 1.93. The van der Waals surface area contributed by atoms with Gasteiger partial charge in [-0.3, -0.25) is 14.2 Å². The van der Waals surface area contributed by atoms with Crippen molar-refractivity contribution in [3.8, 4) is 16.8 Å². The SMILES string of the molecule is Cc1sc2nc(SCC(=O)N3CCCc4ccccc43)n(-c3ccccc3)c(=O)c2c1-c1ccccc1. The molecule has 2 aromatic heterocycles. The molecule has 0 atom stereocenters. The summed E-state index contributed by atoms with van der Waals surface area (Å²) < 4.78 is 1.66. The number of carbonyl (C=O) groups excluding carboxylic acids is 1. The van der Waals surface area contributed by atoms with Gasteiger partial charge in [0.15, 0.2) is 5.16 Å². The van der Waals surface area contributed by atoms with Gasteiger partial charge in [0, 0.05) is 22.7 Å². The van der Waals surface area contributed by atoms with Gasteiger partial charge < -0.3 is 4.90 Å². The number of thiophene rings is 1. The molecule has 0 unspecified atom stereocenters. The third kappa shape index (κ3) is 4.38. The van der Waals surface area contributed by atoms with E-state index >= 15 is 0 Å². The molecule has 0 saturated heterocycles. The van der Waals surface area contributed by atoms with Crippen LogP contribution in [-0.4, -0.2) is 27.8 Å². The number of benzene rings is 3. The fourth-order valence-corrected chi connectivity index (χ4v) is 6.97. The molecule has 1 aliphatic heterocycles. The lowest BCUT2D eigenvalue weighted by molar-refractivity contribution is -0.116. The van der Waals surface area contributed by atoms with Crippen molar-refractivity contribution in [1.29, 1.82) is 0 Å². The Morgan fingerprint density at radius 2 is 1.68 bits per heavy atom. The van der Waals surface area contributed by atoms with Crippen LogP contribution in [0.3, 0.4) is 0 Å². The van der Waals surface area contributed by atoms with Gasteiger partial charge >= 0.3 is 0 Å². The Bertz CT molecular complexity index is 1660. The molecule has 3 heterocycles. The van der Waals surface area contributed by atoms with E-state index in [4.69, 9.17) is 4.98 Å². The molecule has 7 heteroatoms. The Hall–Kier alpha value is -3.68. The predicted octanol–water partition coefficient (Wildman–Crippen LogP) is 6.49. The molecule has 0 N–H and O–H groups in total. The largest absolute Gasteiger partial charge is 0.311 e. The molecule has 184 valence electrons. The summed E-state index contributed by atoms with van der Waals surface area (Å²) >= 11 is 2.85. The monoisotopic (exact) mass is 523 g/mol. The van der Waals surface area contributed by atoms with Crippen molar-refractivity contribution in [2.75, 3.05) is 17.2 Å². The van der Waals surface area contributed by atoms with E-state index < -0.39 is 0 Å². The van der Waals surface area contributed by atoms with Crippen molar-refractivity contribution in [1.82, 2.24) is 9.55 Å². The van der Waals surface area contributed by atoms with Crippen LogP contribution < -0.4 is 10.5 Å². The van der Waals surface area contributed by atoms with E-state index in [9.17, 15) is 9.59 Å². The molecule has 3 aromatic carbocycles. The van der Waals surface area contributed by atoms with Crippen molar-refractivity contribution >= 4 is 44.9 Å². The van der Waals surface area contributed by atoms with Crippen molar-refractivity contribution in [2.24, 2.45) is 0 Å². The predicted molar refractivity (Wildman–Crippen MR) is 153 cm³/mol. The van der Waals surface area contributed by atoms with Crippen LogP contribution in [0.1, 0.15) is 16.9 Å². The first-order valence-corrected chi connectivity index (χ1v) is 14.1. The third-order valence-corrected chi connectivity index (χ3v) is 8.61. The van der Waals surface area contributed by atoms with E-state index in [0.717, 1.165) is 40.2 Å². The van der Waals surface area contributed by atoms with Gasteiger partial charge in [0.25, 0.3) is 5.56 Å². The number of para-hydroxylation sites is 2. The Kier molecular flexibility index (Phi) is 6.40. The van der Waals surface area contributed by atoms with Crippen molar-refractivity contribution < 1.29 is 4.79 Å². The van der Waals surface area contributed by atoms with E-state index in [0.29, 0.717) is 21.9 Å².